The molecule has 3 heterocycles. The Hall–Kier alpha value is -2.99. The third-order valence-electron chi connectivity index (χ3n) is 5.29. The summed E-state index contributed by atoms with van der Waals surface area (Å²) in [7, 11) is 0. The van der Waals surface area contributed by atoms with Crippen LogP contribution in [0.25, 0.3) is 15.3 Å². The maximum atomic E-state index is 12.5. The molecule has 1 aliphatic rings. The summed E-state index contributed by atoms with van der Waals surface area (Å²) in [6.07, 6.45) is 2.29. The molecular formula is C22H20N4OS. The molecule has 1 aliphatic heterocycles. The topological polar surface area (TPSA) is 59.8 Å². The summed E-state index contributed by atoms with van der Waals surface area (Å²) in [6.45, 7) is 4.37. The maximum Gasteiger partial charge on any atom is 0.226 e. The molecule has 2 aromatic heterocycles. The van der Waals surface area contributed by atoms with Gasteiger partial charge in [-0.15, -0.1) is 0 Å². The fourth-order valence-electron chi connectivity index (χ4n) is 3.73. The molecule has 6 heteroatoms. The number of nitrogens with one attached hydrogen (secondary N) is 1. The zero-order chi connectivity index (χ0) is 19.3. The minimum Gasteiger partial charge on any atom is -0.310 e. The number of para-hydroxylation sites is 1. The second-order valence-corrected chi connectivity index (χ2v) is 8.46. The van der Waals surface area contributed by atoms with Gasteiger partial charge in [-0.25, -0.2) is 4.98 Å². The van der Waals surface area contributed by atoms with Crippen LogP contribution in [0, 0.1) is 0 Å². The van der Waals surface area contributed by atoms with E-state index in [1.165, 1.54) is 5.56 Å². The number of nitrogens with zero attached hydrogens (tertiary/aromatic N) is 3. The molecule has 4 aromatic rings. The number of thiazole rings is 1. The fraction of sp³-hybridized carbons (Fsp3) is 0.227. The molecule has 28 heavy (non-hydrogen) atoms. The summed E-state index contributed by atoms with van der Waals surface area (Å²) in [6, 6.07) is 16.6. The van der Waals surface area contributed by atoms with Crippen molar-refractivity contribution in [1.29, 1.82) is 0 Å². The molecule has 5 nitrogen and oxygen atoms in total. The van der Waals surface area contributed by atoms with Crippen molar-refractivity contribution in [2.24, 2.45) is 0 Å². The van der Waals surface area contributed by atoms with Crippen molar-refractivity contribution in [3.63, 3.8) is 0 Å². The van der Waals surface area contributed by atoms with Gasteiger partial charge in [0, 0.05) is 17.9 Å². The zero-order valence-corrected chi connectivity index (χ0v) is 16.5. The Morgan fingerprint density at radius 1 is 1.14 bits per heavy atom. The first-order chi connectivity index (χ1) is 13.6. The lowest BCUT2D eigenvalue weighted by atomic mass is 9.86. The number of aromatic nitrogens is 3. The Balaban J connectivity index is 1.57. The van der Waals surface area contributed by atoms with Gasteiger partial charge in [-0.2, -0.15) is 9.78 Å². The monoisotopic (exact) mass is 388 g/mol. The van der Waals surface area contributed by atoms with Crippen LogP contribution in [-0.2, 0) is 4.79 Å². The van der Waals surface area contributed by atoms with Gasteiger partial charge in [0.2, 0.25) is 11.0 Å². The lowest BCUT2D eigenvalue weighted by Crippen LogP contribution is -2.24. The zero-order valence-electron chi connectivity index (χ0n) is 15.7. The third-order valence-corrected chi connectivity index (χ3v) is 6.30. The third kappa shape index (κ3) is 2.81. The molecule has 1 amide bonds. The van der Waals surface area contributed by atoms with Crippen molar-refractivity contribution in [1.82, 2.24) is 14.8 Å². The number of fused-ring (bicyclic) bond motifs is 2. The standard InChI is InChI=1S/C22H20N4OS/c1-13(2)14-7-9-15(10-8-14)16-11-20(27)25-21-17(16)12-23-26(21)22-24-18-5-3-4-6-19(18)28-22/h3-10,12-13,16H,11H2,1-2H3,(H,25,27)/t16-/m1/s1. The normalized spacial score (nSPS) is 16.4. The Bertz CT molecular complexity index is 1140. The molecule has 5 rings (SSSR count). The van der Waals surface area contributed by atoms with Crippen LogP contribution in [0.2, 0.25) is 0 Å². The average Bonchev–Trinajstić information content (AvgIpc) is 3.31. The molecular weight excluding hydrogens is 368 g/mol. The van der Waals surface area contributed by atoms with E-state index >= 15 is 0 Å². The van der Waals surface area contributed by atoms with E-state index in [0.717, 1.165) is 32.3 Å². The summed E-state index contributed by atoms with van der Waals surface area (Å²) >= 11 is 1.57. The lowest BCUT2D eigenvalue weighted by Gasteiger charge is -2.23. The van der Waals surface area contributed by atoms with Gasteiger partial charge >= 0.3 is 0 Å². The van der Waals surface area contributed by atoms with Gasteiger partial charge in [0.15, 0.2) is 0 Å². The highest BCUT2D eigenvalue weighted by Gasteiger charge is 2.31. The molecule has 0 saturated carbocycles. The van der Waals surface area contributed by atoms with Crippen molar-refractivity contribution >= 4 is 33.3 Å². The highest BCUT2D eigenvalue weighted by molar-refractivity contribution is 7.20. The van der Waals surface area contributed by atoms with E-state index in [1.807, 2.05) is 30.5 Å². The van der Waals surface area contributed by atoms with Crippen LogP contribution in [0.5, 0.6) is 0 Å². The van der Waals surface area contributed by atoms with Gasteiger partial charge < -0.3 is 5.32 Å². The van der Waals surface area contributed by atoms with E-state index < -0.39 is 0 Å². The summed E-state index contributed by atoms with van der Waals surface area (Å²) < 4.78 is 2.86. The molecule has 0 unspecified atom stereocenters. The number of benzene rings is 2. The molecule has 140 valence electrons. The quantitative estimate of drug-likeness (QED) is 0.532. The van der Waals surface area contributed by atoms with Crippen molar-refractivity contribution in [2.75, 3.05) is 5.32 Å². The summed E-state index contributed by atoms with van der Waals surface area (Å²) in [5.74, 6) is 1.23. The SMILES string of the molecule is CC(C)c1ccc([C@H]2CC(=O)Nc3c2cnn3-c2nc3ccccc3s2)cc1. The van der Waals surface area contributed by atoms with E-state index in [1.54, 1.807) is 16.0 Å². The number of rotatable bonds is 3. The first-order valence-corrected chi connectivity index (χ1v) is 10.3. The van der Waals surface area contributed by atoms with Crippen LogP contribution >= 0.6 is 11.3 Å². The highest BCUT2D eigenvalue weighted by atomic mass is 32.1. The number of carbonyl (C=O) groups excluding carboxylic acids is 1. The van der Waals surface area contributed by atoms with Gasteiger partial charge in [0.05, 0.1) is 16.4 Å². The highest BCUT2D eigenvalue weighted by Crippen LogP contribution is 2.39. The molecule has 0 aliphatic carbocycles. The first kappa shape index (κ1) is 17.1. The molecule has 0 saturated heterocycles. The Morgan fingerprint density at radius 3 is 2.68 bits per heavy atom. The van der Waals surface area contributed by atoms with E-state index in [0.29, 0.717) is 12.3 Å². The molecule has 0 spiro atoms. The summed E-state index contributed by atoms with van der Waals surface area (Å²) in [4.78, 5) is 17.2. The number of carbonyl (C=O) groups is 1. The van der Waals surface area contributed by atoms with Crippen LogP contribution < -0.4 is 5.32 Å². The van der Waals surface area contributed by atoms with Crippen molar-refractivity contribution in [3.8, 4) is 5.13 Å². The predicted molar refractivity (Wildman–Crippen MR) is 112 cm³/mol. The molecule has 0 radical (unpaired) electrons. The van der Waals surface area contributed by atoms with E-state index in [2.05, 4.69) is 53.5 Å². The Labute approximate surface area is 167 Å². The lowest BCUT2D eigenvalue weighted by molar-refractivity contribution is -0.116. The molecule has 0 fully saturated rings. The van der Waals surface area contributed by atoms with E-state index in [9.17, 15) is 4.79 Å². The Morgan fingerprint density at radius 2 is 1.93 bits per heavy atom. The first-order valence-electron chi connectivity index (χ1n) is 9.43. The van der Waals surface area contributed by atoms with Crippen LogP contribution in [0.3, 0.4) is 0 Å². The van der Waals surface area contributed by atoms with E-state index in [-0.39, 0.29) is 11.8 Å². The van der Waals surface area contributed by atoms with Crippen LogP contribution in [0.1, 0.15) is 48.8 Å². The van der Waals surface area contributed by atoms with Crippen molar-refractivity contribution < 1.29 is 4.79 Å². The average molecular weight is 388 g/mol. The number of hydrogen-bond acceptors (Lipinski definition) is 4. The fourth-order valence-corrected chi connectivity index (χ4v) is 4.66. The minimum atomic E-state index is 0.00749. The van der Waals surface area contributed by atoms with Gasteiger partial charge in [-0.05, 0) is 29.2 Å². The van der Waals surface area contributed by atoms with Gasteiger partial charge in [0.1, 0.15) is 5.82 Å². The molecule has 1 atom stereocenters. The van der Waals surface area contributed by atoms with Crippen LogP contribution in [0.4, 0.5) is 5.82 Å². The smallest absolute Gasteiger partial charge is 0.226 e. The summed E-state index contributed by atoms with van der Waals surface area (Å²) in [5.41, 5.74) is 4.42. The number of amides is 1. The number of anilines is 1. The second-order valence-electron chi connectivity index (χ2n) is 7.45. The maximum absolute atomic E-state index is 12.5. The van der Waals surface area contributed by atoms with Crippen molar-refractivity contribution in [3.05, 3.63) is 71.4 Å². The second kappa shape index (κ2) is 6.56. The van der Waals surface area contributed by atoms with E-state index in [4.69, 9.17) is 0 Å². The molecule has 0 bridgehead atoms. The molecule has 2 aromatic carbocycles. The predicted octanol–water partition coefficient (Wildman–Crippen LogP) is 5.08. The largest absolute Gasteiger partial charge is 0.310 e. The minimum absolute atomic E-state index is 0.00749. The van der Waals surface area contributed by atoms with Gasteiger partial charge in [-0.3, -0.25) is 4.79 Å². The van der Waals surface area contributed by atoms with Gasteiger partial charge in [0.25, 0.3) is 0 Å². The van der Waals surface area contributed by atoms with Gasteiger partial charge in [-0.1, -0.05) is 61.6 Å². The van der Waals surface area contributed by atoms with Crippen LogP contribution in [0.15, 0.2) is 54.7 Å². The van der Waals surface area contributed by atoms with Crippen LogP contribution in [-0.4, -0.2) is 20.7 Å². The molecule has 1 N–H and O–H groups in total. The Kier molecular flexibility index (Phi) is 4.02. The van der Waals surface area contributed by atoms with Crippen molar-refractivity contribution in [2.45, 2.75) is 32.1 Å². The summed E-state index contributed by atoms with van der Waals surface area (Å²) in [5, 5.41) is 8.34. The number of hydrogen-bond donors (Lipinski definition) is 1.